The van der Waals surface area contributed by atoms with Crippen LogP contribution in [0, 0.1) is 0 Å². The van der Waals surface area contributed by atoms with Crippen molar-refractivity contribution in [3.05, 3.63) is 29.8 Å². The van der Waals surface area contributed by atoms with Gasteiger partial charge in [-0.25, -0.2) is 4.79 Å². The third-order valence-corrected chi connectivity index (χ3v) is 3.91. The second-order valence-corrected chi connectivity index (χ2v) is 5.79. The molecule has 3 N–H and O–H groups in total. The zero-order chi connectivity index (χ0) is 14.3. The van der Waals surface area contributed by atoms with Crippen LogP contribution < -0.4 is 10.6 Å². The van der Waals surface area contributed by atoms with Crippen LogP contribution in [0.4, 0.5) is 10.5 Å². The van der Waals surface area contributed by atoms with Gasteiger partial charge in [0.1, 0.15) is 0 Å². The number of hydrogen-bond donors (Lipinski definition) is 3. The molecule has 0 saturated heterocycles. The van der Waals surface area contributed by atoms with Crippen molar-refractivity contribution in [3.63, 3.8) is 0 Å². The van der Waals surface area contributed by atoms with Crippen LogP contribution in [-0.2, 0) is 0 Å². The highest BCUT2D eigenvalue weighted by Crippen LogP contribution is 2.16. The van der Waals surface area contributed by atoms with E-state index in [4.69, 9.17) is 0 Å². The summed E-state index contributed by atoms with van der Waals surface area (Å²) in [4.78, 5) is 11.7. The predicted octanol–water partition coefficient (Wildman–Crippen LogP) is 3.00. The maximum Gasteiger partial charge on any atom is 0.319 e. The van der Waals surface area contributed by atoms with Crippen LogP contribution in [0.2, 0.25) is 0 Å². The molecule has 1 aromatic carbocycles. The molecule has 1 rings (SSSR count). The summed E-state index contributed by atoms with van der Waals surface area (Å²) in [5, 5.41) is 15.6. The third-order valence-electron chi connectivity index (χ3n) is 2.87. The number of aliphatic hydroxyl groups excluding tert-OH is 1. The Bertz CT molecular complexity index is 410. The number of urea groups is 1. The summed E-state index contributed by atoms with van der Waals surface area (Å²) in [5.74, 6) is 0. The summed E-state index contributed by atoms with van der Waals surface area (Å²) in [6.45, 7) is 4.49. The van der Waals surface area contributed by atoms with Gasteiger partial charge < -0.3 is 15.7 Å². The van der Waals surface area contributed by atoms with Gasteiger partial charge in [-0.1, -0.05) is 19.1 Å². The molecule has 1 aromatic rings. The molecule has 0 aliphatic heterocycles. The summed E-state index contributed by atoms with van der Waals surface area (Å²) >= 11 is 1.79. The molecule has 2 amide bonds. The van der Waals surface area contributed by atoms with Gasteiger partial charge in [-0.15, -0.1) is 0 Å². The van der Waals surface area contributed by atoms with E-state index in [0.717, 1.165) is 12.0 Å². The minimum absolute atomic E-state index is 0.212. The Labute approximate surface area is 119 Å². The van der Waals surface area contributed by atoms with Crippen molar-refractivity contribution in [3.8, 4) is 0 Å². The van der Waals surface area contributed by atoms with Gasteiger partial charge in [-0.3, -0.25) is 0 Å². The lowest BCUT2D eigenvalue weighted by Crippen LogP contribution is -2.30. The topological polar surface area (TPSA) is 61.4 Å². The molecule has 0 aliphatic rings. The number of rotatable bonds is 6. The Morgan fingerprint density at radius 2 is 2.16 bits per heavy atom. The Morgan fingerprint density at radius 1 is 1.42 bits per heavy atom. The van der Waals surface area contributed by atoms with E-state index in [1.54, 1.807) is 30.8 Å². The molecule has 2 unspecified atom stereocenters. The largest absolute Gasteiger partial charge is 0.389 e. The van der Waals surface area contributed by atoms with E-state index in [1.165, 1.54) is 0 Å². The molecule has 0 aromatic heterocycles. The fourth-order valence-corrected chi connectivity index (χ4v) is 1.91. The first-order valence-electron chi connectivity index (χ1n) is 6.38. The van der Waals surface area contributed by atoms with Crippen molar-refractivity contribution in [1.82, 2.24) is 5.32 Å². The number of hydrogen-bond acceptors (Lipinski definition) is 3. The maximum atomic E-state index is 11.7. The van der Waals surface area contributed by atoms with Gasteiger partial charge in [0.25, 0.3) is 0 Å². The van der Waals surface area contributed by atoms with Gasteiger partial charge in [-0.05, 0) is 37.3 Å². The molecular formula is C14H22N2O2S. The molecule has 0 spiro atoms. The number of carbonyl (C=O) groups excluding carboxylic acids is 1. The lowest BCUT2D eigenvalue weighted by molar-refractivity contribution is 0.199. The Hall–Kier alpha value is -1.20. The van der Waals surface area contributed by atoms with Crippen molar-refractivity contribution in [1.29, 1.82) is 0 Å². The molecule has 19 heavy (non-hydrogen) atoms. The first-order valence-corrected chi connectivity index (χ1v) is 7.67. The molecule has 5 heteroatoms. The van der Waals surface area contributed by atoms with Crippen molar-refractivity contribution in [2.45, 2.75) is 31.6 Å². The van der Waals surface area contributed by atoms with E-state index >= 15 is 0 Å². The van der Waals surface area contributed by atoms with Crippen LogP contribution in [0.15, 0.2) is 24.3 Å². The Kier molecular flexibility index (Phi) is 6.73. The second kappa shape index (κ2) is 8.07. The molecule has 0 bridgehead atoms. The number of carbonyl (C=O) groups is 1. The van der Waals surface area contributed by atoms with Crippen LogP contribution in [0.5, 0.6) is 0 Å². The lowest BCUT2D eigenvalue weighted by Gasteiger charge is -2.11. The fourth-order valence-electron chi connectivity index (χ4n) is 1.56. The van der Waals surface area contributed by atoms with Gasteiger partial charge in [0.2, 0.25) is 0 Å². The zero-order valence-corrected chi connectivity index (χ0v) is 12.5. The molecule has 0 fully saturated rings. The molecule has 0 aliphatic carbocycles. The van der Waals surface area contributed by atoms with Crippen LogP contribution >= 0.6 is 11.8 Å². The van der Waals surface area contributed by atoms with Crippen molar-refractivity contribution in [2.75, 3.05) is 18.1 Å². The highest BCUT2D eigenvalue weighted by molar-refractivity contribution is 7.99. The average molecular weight is 282 g/mol. The number of thioether (sulfide) groups is 1. The summed E-state index contributed by atoms with van der Waals surface area (Å²) in [6.07, 6.45) is 2.47. The van der Waals surface area contributed by atoms with Gasteiger partial charge in [-0.2, -0.15) is 11.8 Å². The normalized spacial score (nSPS) is 13.7. The van der Waals surface area contributed by atoms with Crippen LogP contribution in [0.1, 0.15) is 31.9 Å². The van der Waals surface area contributed by atoms with E-state index in [-0.39, 0.29) is 6.03 Å². The van der Waals surface area contributed by atoms with Crippen LogP contribution in [0.25, 0.3) is 0 Å². The molecular weight excluding hydrogens is 260 g/mol. The summed E-state index contributed by atoms with van der Waals surface area (Å²) in [7, 11) is 0. The maximum absolute atomic E-state index is 11.7. The molecule has 0 radical (unpaired) electrons. The van der Waals surface area contributed by atoms with Crippen LogP contribution in [-0.4, -0.2) is 29.2 Å². The second-order valence-electron chi connectivity index (χ2n) is 4.52. The summed E-state index contributed by atoms with van der Waals surface area (Å²) in [6, 6.07) is 7.00. The molecule has 2 atom stereocenters. The molecule has 0 heterocycles. The van der Waals surface area contributed by atoms with E-state index in [9.17, 15) is 9.90 Å². The molecule has 106 valence electrons. The monoisotopic (exact) mass is 282 g/mol. The van der Waals surface area contributed by atoms with E-state index in [1.807, 2.05) is 12.1 Å². The first-order chi connectivity index (χ1) is 9.02. The minimum atomic E-state index is -0.535. The van der Waals surface area contributed by atoms with Crippen LogP contribution in [0.3, 0.4) is 0 Å². The van der Waals surface area contributed by atoms with Gasteiger partial charge >= 0.3 is 6.03 Å². The number of aliphatic hydroxyl groups is 1. The molecule has 4 nitrogen and oxygen atoms in total. The van der Waals surface area contributed by atoms with Gasteiger partial charge in [0.05, 0.1) is 6.10 Å². The average Bonchev–Trinajstić information content (AvgIpc) is 2.38. The van der Waals surface area contributed by atoms with Gasteiger partial charge in [0, 0.05) is 17.5 Å². The van der Waals surface area contributed by atoms with E-state index < -0.39 is 6.10 Å². The minimum Gasteiger partial charge on any atom is -0.389 e. The lowest BCUT2D eigenvalue weighted by atomic mass is 10.1. The number of anilines is 1. The quantitative estimate of drug-likeness (QED) is 0.751. The van der Waals surface area contributed by atoms with Crippen molar-refractivity contribution >= 4 is 23.5 Å². The SMILES string of the molecule is CSC(C)CCNC(=O)Nc1cccc(C(C)O)c1. The number of nitrogens with one attached hydrogen (secondary N) is 2. The molecule has 0 saturated carbocycles. The van der Waals surface area contributed by atoms with Crippen molar-refractivity contribution in [2.24, 2.45) is 0 Å². The van der Waals surface area contributed by atoms with Gasteiger partial charge in [0.15, 0.2) is 0 Å². The van der Waals surface area contributed by atoms with E-state index in [0.29, 0.717) is 17.5 Å². The summed E-state index contributed by atoms with van der Waals surface area (Å²) < 4.78 is 0. The predicted molar refractivity (Wildman–Crippen MR) is 81.7 cm³/mol. The number of amides is 2. The van der Waals surface area contributed by atoms with Crippen molar-refractivity contribution < 1.29 is 9.90 Å². The standard InChI is InChI=1S/C14H22N2O2S/c1-10(19-3)7-8-15-14(18)16-13-6-4-5-12(9-13)11(2)17/h4-6,9-11,17H,7-8H2,1-3H3,(H2,15,16,18). The third kappa shape index (κ3) is 5.98. The number of benzene rings is 1. The summed E-state index contributed by atoms with van der Waals surface area (Å²) in [5.41, 5.74) is 1.47. The first kappa shape index (κ1) is 15.9. The smallest absolute Gasteiger partial charge is 0.319 e. The Morgan fingerprint density at radius 3 is 2.79 bits per heavy atom. The fraction of sp³-hybridized carbons (Fsp3) is 0.500. The van der Waals surface area contributed by atoms with E-state index in [2.05, 4.69) is 23.8 Å². The highest BCUT2D eigenvalue weighted by atomic mass is 32.2. The zero-order valence-electron chi connectivity index (χ0n) is 11.6. The highest BCUT2D eigenvalue weighted by Gasteiger charge is 2.05. The Balaban J connectivity index is 2.42.